The predicted molar refractivity (Wildman–Crippen MR) is 86.3 cm³/mol. The van der Waals surface area contributed by atoms with Gasteiger partial charge in [-0.05, 0) is 50.8 Å². The molecule has 23 heavy (non-hydrogen) atoms. The lowest BCUT2D eigenvalue weighted by molar-refractivity contribution is -0.132. The molecule has 0 bridgehead atoms. The highest BCUT2D eigenvalue weighted by atomic mass is 16.6. The van der Waals surface area contributed by atoms with Gasteiger partial charge in [-0.1, -0.05) is 12.1 Å². The number of carbonyl (C=O) groups is 2. The molecule has 0 aliphatic carbocycles. The van der Waals surface area contributed by atoms with Crippen molar-refractivity contribution in [2.75, 3.05) is 19.6 Å². The van der Waals surface area contributed by atoms with Crippen molar-refractivity contribution in [1.29, 1.82) is 0 Å². The summed E-state index contributed by atoms with van der Waals surface area (Å²) >= 11 is 0. The average molecular weight is 320 g/mol. The van der Waals surface area contributed by atoms with Gasteiger partial charge in [-0.25, -0.2) is 4.79 Å². The van der Waals surface area contributed by atoms with Crippen molar-refractivity contribution in [1.82, 2.24) is 4.90 Å². The van der Waals surface area contributed by atoms with Gasteiger partial charge in [0.1, 0.15) is 11.4 Å². The van der Waals surface area contributed by atoms with E-state index >= 15 is 0 Å². The second-order valence-electron chi connectivity index (χ2n) is 6.54. The third-order valence-electron chi connectivity index (χ3n) is 3.55. The van der Waals surface area contributed by atoms with Gasteiger partial charge in [0, 0.05) is 13.1 Å². The predicted octanol–water partition coefficient (Wildman–Crippen LogP) is 1.89. The van der Waals surface area contributed by atoms with Crippen molar-refractivity contribution in [3.63, 3.8) is 0 Å². The third-order valence-corrected chi connectivity index (χ3v) is 3.55. The first-order chi connectivity index (χ1) is 10.8. The van der Waals surface area contributed by atoms with Crippen molar-refractivity contribution < 1.29 is 19.1 Å². The Bertz CT molecular complexity index is 593. The zero-order valence-corrected chi connectivity index (χ0v) is 13.9. The van der Waals surface area contributed by atoms with Crippen LogP contribution in [-0.2, 0) is 22.4 Å². The Morgan fingerprint density at radius 3 is 2.57 bits per heavy atom. The van der Waals surface area contributed by atoms with E-state index in [0.717, 1.165) is 11.1 Å². The van der Waals surface area contributed by atoms with E-state index < -0.39 is 11.6 Å². The van der Waals surface area contributed by atoms with E-state index in [-0.39, 0.29) is 12.6 Å². The summed E-state index contributed by atoms with van der Waals surface area (Å²) in [5, 5.41) is 0. The highest BCUT2D eigenvalue weighted by Crippen LogP contribution is 2.26. The van der Waals surface area contributed by atoms with Gasteiger partial charge in [0.25, 0.3) is 0 Å². The number of nitrogens with two attached hydrogens (primary N) is 1. The summed E-state index contributed by atoms with van der Waals surface area (Å²) in [5.41, 5.74) is 6.83. The largest absolute Gasteiger partial charge is 0.444 e. The molecule has 0 fully saturated rings. The van der Waals surface area contributed by atoms with Crippen LogP contribution < -0.4 is 10.5 Å². The maximum absolute atomic E-state index is 12.2. The first kappa shape index (κ1) is 17.3. The lowest BCUT2D eigenvalue weighted by Crippen LogP contribution is -2.38. The van der Waals surface area contributed by atoms with Crippen LogP contribution in [0.1, 0.15) is 31.9 Å². The quantitative estimate of drug-likeness (QED) is 0.664. The Hall–Kier alpha value is -2.08. The molecule has 2 rings (SSSR count). The van der Waals surface area contributed by atoms with Gasteiger partial charge >= 0.3 is 12.1 Å². The van der Waals surface area contributed by atoms with Gasteiger partial charge in [0.05, 0.1) is 6.54 Å². The van der Waals surface area contributed by atoms with Crippen LogP contribution in [0.2, 0.25) is 0 Å². The smallest absolute Gasteiger partial charge is 0.410 e. The first-order valence-corrected chi connectivity index (χ1v) is 7.79. The molecule has 0 unspecified atom stereocenters. The van der Waals surface area contributed by atoms with E-state index in [2.05, 4.69) is 0 Å². The Labute approximate surface area is 136 Å². The van der Waals surface area contributed by atoms with Gasteiger partial charge < -0.3 is 20.1 Å². The standard InChI is InChI=1S/C17H24N2O4/c1-17(2,3)23-16(21)19-9-7-12-5-4-6-14(13(12)8-10-19)22-15(20)11-18/h4-6H,7-11,18H2,1-3H3. The van der Waals surface area contributed by atoms with Gasteiger partial charge in [-0.2, -0.15) is 0 Å². The van der Waals surface area contributed by atoms with Gasteiger partial charge in [-0.15, -0.1) is 0 Å². The second kappa shape index (κ2) is 7.00. The Balaban J connectivity index is 2.12. The highest BCUT2D eigenvalue weighted by molar-refractivity contribution is 5.74. The zero-order chi connectivity index (χ0) is 17.0. The van der Waals surface area contributed by atoms with E-state index in [0.29, 0.717) is 31.7 Å². The molecule has 2 N–H and O–H groups in total. The lowest BCUT2D eigenvalue weighted by atomic mass is 10.0. The molecule has 6 heteroatoms. The van der Waals surface area contributed by atoms with Crippen LogP contribution in [0.3, 0.4) is 0 Å². The number of benzene rings is 1. The topological polar surface area (TPSA) is 81.9 Å². The summed E-state index contributed by atoms with van der Waals surface area (Å²) in [6.07, 6.45) is 0.997. The fourth-order valence-corrected chi connectivity index (χ4v) is 2.51. The van der Waals surface area contributed by atoms with E-state index in [1.807, 2.05) is 32.9 Å². The summed E-state index contributed by atoms with van der Waals surface area (Å²) < 4.78 is 10.7. The van der Waals surface area contributed by atoms with Crippen LogP contribution in [0.15, 0.2) is 18.2 Å². The summed E-state index contributed by atoms with van der Waals surface area (Å²) in [7, 11) is 0. The molecule has 0 spiro atoms. The molecule has 1 heterocycles. The maximum atomic E-state index is 12.2. The van der Waals surface area contributed by atoms with Gasteiger partial charge in [0.15, 0.2) is 0 Å². The fraction of sp³-hybridized carbons (Fsp3) is 0.529. The van der Waals surface area contributed by atoms with Crippen molar-refractivity contribution in [2.24, 2.45) is 5.73 Å². The van der Waals surface area contributed by atoms with Crippen LogP contribution >= 0.6 is 0 Å². The van der Waals surface area contributed by atoms with E-state index in [1.54, 1.807) is 11.0 Å². The molecule has 1 aliphatic heterocycles. The SMILES string of the molecule is CC(C)(C)OC(=O)N1CCc2cccc(OC(=O)CN)c2CC1. The van der Waals surface area contributed by atoms with Crippen molar-refractivity contribution in [3.8, 4) is 5.75 Å². The summed E-state index contributed by atoms with van der Waals surface area (Å²) in [6, 6.07) is 5.60. The number of fused-ring (bicyclic) bond motifs is 1. The van der Waals surface area contributed by atoms with Crippen molar-refractivity contribution >= 4 is 12.1 Å². The molecule has 0 aromatic heterocycles. The third kappa shape index (κ3) is 4.69. The average Bonchev–Trinajstić information content (AvgIpc) is 2.68. The summed E-state index contributed by atoms with van der Waals surface area (Å²) in [6.45, 7) is 6.49. The number of hydrogen-bond acceptors (Lipinski definition) is 5. The molecule has 126 valence electrons. The minimum Gasteiger partial charge on any atom is -0.444 e. The molecule has 0 radical (unpaired) electrons. The second-order valence-corrected chi connectivity index (χ2v) is 6.54. The van der Waals surface area contributed by atoms with Crippen molar-refractivity contribution in [3.05, 3.63) is 29.3 Å². The molecule has 1 aromatic carbocycles. The first-order valence-electron chi connectivity index (χ1n) is 7.79. The molecule has 1 aliphatic rings. The molecule has 0 saturated carbocycles. The van der Waals surface area contributed by atoms with Gasteiger partial charge in [-0.3, -0.25) is 4.79 Å². The number of esters is 1. The zero-order valence-electron chi connectivity index (χ0n) is 13.9. The van der Waals surface area contributed by atoms with E-state index in [1.165, 1.54) is 0 Å². The van der Waals surface area contributed by atoms with Crippen LogP contribution in [0.5, 0.6) is 5.75 Å². The van der Waals surface area contributed by atoms with Crippen LogP contribution in [0, 0.1) is 0 Å². The molecular formula is C17H24N2O4. The van der Waals surface area contributed by atoms with Crippen LogP contribution in [-0.4, -0.2) is 42.2 Å². The number of nitrogens with zero attached hydrogens (tertiary/aromatic N) is 1. The number of hydrogen-bond donors (Lipinski definition) is 1. The molecule has 0 atom stereocenters. The Morgan fingerprint density at radius 2 is 1.91 bits per heavy atom. The van der Waals surface area contributed by atoms with Crippen LogP contribution in [0.4, 0.5) is 4.79 Å². The van der Waals surface area contributed by atoms with Crippen molar-refractivity contribution in [2.45, 2.75) is 39.2 Å². The normalized spacial score (nSPS) is 14.7. The lowest BCUT2D eigenvalue weighted by Gasteiger charge is -2.26. The van der Waals surface area contributed by atoms with E-state index in [9.17, 15) is 9.59 Å². The minimum absolute atomic E-state index is 0.159. The van der Waals surface area contributed by atoms with Gasteiger partial charge in [0.2, 0.25) is 0 Å². The Kier molecular flexibility index (Phi) is 5.26. The summed E-state index contributed by atoms with van der Waals surface area (Å²) in [5.74, 6) is 0.0654. The molecule has 6 nitrogen and oxygen atoms in total. The Morgan fingerprint density at radius 1 is 1.22 bits per heavy atom. The number of ether oxygens (including phenoxy) is 2. The molecular weight excluding hydrogens is 296 g/mol. The monoisotopic (exact) mass is 320 g/mol. The number of rotatable bonds is 2. The number of carbonyl (C=O) groups excluding carboxylic acids is 2. The molecule has 1 amide bonds. The number of amides is 1. The maximum Gasteiger partial charge on any atom is 0.410 e. The fourth-order valence-electron chi connectivity index (χ4n) is 2.51. The molecule has 0 saturated heterocycles. The minimum atomic E-state index is -0.516. The van der Waals surface area contributed by atoms with E-state index in [4.69, 9.17) is 15.2 Å². The van der Waals surface area contributed by atoms with Crippen LogP contribution in [0.25, 0.3) is 0 Å². The molecule has 1 aromatic rings. The highest BCUT2D eigenvalue weighted by Gasteiger charge is 2.25. The summed E-state index contributed by atoms with van der Waals surface area (Å²) in [4.78, 5) is 25.4.